The van der Waals surface area contributed by atoms with Crippen LogP contribution < -0.4 is 10.1 Å². The van der Waals surface area contributed by atoms with E-state index in [4.69, 9.17) is 4.74 Å². The second kappa shape index (κ2) is 8.86. The van der Waals surface area contributed by atoms with Crippen molar-refractivity contribution in [3.05, 3.63) is 54.3 Å². The minimum Gasteiger partial charge on any atom is -0.460 e. The molecule has 0 aliphatic carbocycles. The van der Waals surface area contributed by atoms with Crippen LogP contribution in [0.1, 0.15) is 34.1 Å². The van der Waals surface area contributed by atoms with E-state index >= 15 is 0 Å². The Labute approximate surface area is 169 Å². The Balaban J connectivity index is 2.00. The van der Waals surface area contributed by atoms with E-state index in [1.54, 1.807) is 22.9 Å². The molecule has 0 atom stereocenters. The van der Waals surface area contributed by atoms with Crippen LogP contribution in [0.4, 0.5) is 10.1 Å². The zero-order valence-corrected chi connectivity index (χ0v) is 17.0. The fraction of sp³-hybridized carbons (Fsp3) is 0.318. The maximum atomic E-state index is 13.8. The number of benzene rings is 2. The van der Waals surface area contributed by atoms with Gasteiger partial charge in [0, 0.05) is 17.7 Å². The maximum absolute atomic E-state index is 13.8. The molecule has 1 N–H and O–H groups in total. The molecule has 1 heterocycles. The van der Waals surface area contributed by atoms with Gasteiger partial charge >= 0.3 is 6.01 Å². The van der Waals surface area contributed by atoms with E-state index in [1.165, 1.54) is 12.1 Å². The van der Waals surface area contributed by atoms with E-state index in [9.17, 15) is 9.18 Å². The predicted octanol–water partition coefficient (Wildman–Crippen LogP) is 4.85. The molecule has 1 aromatic heterocycles. The van der Waals surface area contributed by atoms with Gasteiger partial charge in [0.2, 0.25) is 5.91 Å². The van der Waals surface area contributed by atoms with Crippen LogP contribution in [0.3, 0.4) is 0 Å². The Kier molecular flexibility index (Phi) is 6.26. The molecular formula is C22H25FN4O2. The normalized spacial score (nSPS) is 11.1. The molecule has 29 heavy (non-hydrogen) atoms. The largest absolute Gasteiger partial charge is 0.460 e. The van der Waals surface area contributed by atoms with Crippen LogP contribution in [-0.4, -0.2) is 26.8 Å². The molecule has 6 nitrogen and oxygen atoms in total. The molecule has 0 aliphatic heterocycles. The number of nitrogens with zero attached hydrogens (tertiary/aromatic N) is 3. The highest BCUT2D eigenvalue weighted by Gasteiger charge is 2.17. The number of aromatic nitrogens is 3. The summed E-state index contributed by atoms with van der Waals surface area (Å²) in [5.41, 5.74) is 1.91. The lowest BCUT2D eigenvalue weighted by molar-refractivity contribution is -0.116. The Morgan fingerprint density at radius 2 is 1.90 bits per heavy atom. The van der Waals surface area contributed by atoms with Crippen molar-refractivity contribution < 1.29 is 13.9 Å². The second-order valence-corrected chi connectivity index (χ2v) is 7.50. The van der Waals surface area contributed by atoms with Gasteiger partial charge in [-0.25, -0.2) is 9.07 Å². The van der Waals surface area contributed by atoms with Crippen molar-refractivity contribution in [2.45, 2.75) is 40.2 Å². The molecule has 152 valence electrons. The fourth-order valence-electron chi connectivity index (χ4n) is 2.85. The van der Waals surface area contributed by atoms with Crippen LogP contribution in [0.5, 0.6) is 6.01 Å². The van der Waals surface area contributed by atoms with Gasteiger partial charge in [-0.15, -0.1) is 5.10 Å². The number of rotatable bonds is 7. The second-order valence-electron chi connectivity index (χ2n) is 7.50. The minimum absolute atomic E-state index is 0.0510. The van der Waals surface area contributed by atoms with Gasteiger partial charge in [-0.1, -0.05) is 32.0 Å². The van der Waals surface area contributed by atoms with Gasteiger partial charge in [0.05, 0.1) is 11.8 Å². The van der Waals surface area contributed by atoms with Crippen molar-refractivity contribution in [1.82, 2.24) is 14.8 Å². The smallest absolute Gasteiger partial charge is 0.336 e. The average molecular weight is 396 g/mol. The Morgan fingerprint density at radius 3 is 2.59 bits per heavy atom. The van der Waals surface area contributed by atoms with Crippen molar-refractivity contribution in [3.8, 4) is 23.1 Å². The summed E-state index contributed by atoms with van der Waals surface area (Å²) in [7, 11) is 0. The highest BCUT2D eigenvalue weighted by Crippen LogP contribution is 2.26. The van der Waals surface area contributed by atoms with Gasteiger partial charge in [-0.2, -0.15) is 4.98 Å². The molecule has 3 aromatic rings. The molecule has 3 rings (SSSR count). The molecule has 0 radical (unpaired) electrons. The van der Waals surface area contributed by atoms with Gasteiger partial charge in [0.25, 0.3) is 0 Å². The lowest BCUT2D eigenvalue weighted by atomic mass is 10.1. The topological polar surface area (TPSA) is 69.0 Å². The van der Waals surface area contributed by atoms with Crippen LogP contribution in [-0.2, 0) is 4.79 Å². The van der Waals surface area contributed by atoms with E-state index in [0.29, 0.717) is 29.2 Å². The number of carbonyl (C=O) groups excluding carboxylic acids is 1. The number of halogens is 1. The summed E-state index contributed by atoms with van der Waals surface area (Å²) >= 11 is 0. The van der Waals surface area contributed by atoms with Crippen molar-refractivity contribution in [3.63, 3.8) is 0 Å². The molecule has 0 fully saturated rings. The third kappa shape index (κ3) is 5.40. The zero-order chi connectivity index (χ0) is 21.0. The van der Waals surface area contributed by atoms with Crippen molar-refractivity contribution in [2.75, 3.05) is 5.32 Å². The van der Waals surface area contributed by atoms with Crippen LogP contribution in [0, 0.1) is 11.7 Å². The summed E-state index contributed by atoms with van der Waals surface area (Å²) in [5.74, 6) is 0.303. The lowest BCUT2D eigenvalue weighted by Crippen LogP contribution is -2.14. The molecule has 0 bridgehead atoms. The maximum Gasteiger partial charge on any atom is 0.336 e. The number of nitrogens with one attached hydrogen (secondary N) is 1. The standard InChI is InChI=1S/C22H25FN4O2/c1-14(2)11-20(28)24-18-9-6-10-19(13-18)27-21(16-7-5-8-17(23)12-16)25-22(26-27)29-15(3)4/h5-10,12-15H,11H2,1-4H3,(H,24,28). The summed E-state index contributed by atoms with van der Waals surface area (Å²) in [6.07, 6.45) is 0.335. The molecule has 0 unspecified atom stereocenters. The van der Waals surface area contributed by atoms with Gasteiger partial charge < -0.3 is 10.1 Å². The van der Waals surface area contributed by atoms with E-state index in [2.05, 4.69) is 15.4 Å². The Bertz CT molecular complexity index is 998. The summed E-state index contributed by atoms with van der Waals surface area (Å²) in [4.78, 5) is 16.6. The summed E-state index contributed by atoms with van der Waals surface area (Å²) in [6.45, 7) is 7.75. The number of hydrogen-bond donors (Lipinski definition) is 1. The number of anilines is 1. The Morgan fingerprint density at radius 1 is 1.14 bits per heavy atom. The number of hydrogen-bond acceptors (Lipinski definition) is 4. The summed E-state index contributed by atoms with van der Waals surface area (Å²) in [6, 6.07) is 13.6. The van der Waals surface area contributed by atoms with Gasteiger partial charge in [-0.05, 0) is 50.1 Å². The van der Waals surface area contributed by atoms with E-state index in [-0.39, 0.29) is 29.8 Å². The summed E-state index contributed by atoms with van der Waals surface area (Å²) < 4.78 is 21.0. The monoisotopic (exact) mass is 396 g/mol. The molecule has 0 saturated carbocycles. The van der Waals surface area contributed by atoms with Crippen LogP contribution in [0.25, 0.3) is 17.1 Å². The van der Waals surface area contributed by atoms with Crippen LogP contribution in [0.2, 0.25) is 0 Å². The Hall–Kier alpha value is -3.22. The molecule has 1 amide bonds. The molecule has 7 heteroatoms. The quantitative estimate of drug-likeness (QED) is 0.620. The molecule has 0 saturated heterocycles. The van der Waals surface area contributed by atoms with Crippen molar-refractivity contribution in [1.29, 1.82) is 0 Å². The van der Waals surface area contributed by atoms with Gasteiger partial charge in [-0.3, -0.25) is 4.79 Å². The molecule has 2 aromatic carbocycles. The van der Waals surface area contributed by atoms with Gasteiger partial charge in [0.1, 0.15) is 5.82 Å². The van der Waals surface area contributed by atoms with E-state index in [1.807, 2.05) is 45.9 Å². The zero-order valence-electron chi connectivity index (χ0n) is 17.0. The first-order chi connectivity index (χ1) is 13.8. The highest BCUT2D eigenvalue weighted by molar-refractivity contribution is 5.91. The number of ether oxygens (including phenoxy) is 1. The molecule has 0 aliphatic rings. The summed E-state index contributed by atoms with van der Waals surface area (Å²) in [5, 5.41) is 7.34. The SMILES string of the molecule is CC(C)CC(=O)Nc1cccc(-n2nc(OC(C)C)nc2-c2cccc(F)c2)c1. The van der Waals surface area contributed by atoms with E-state index in [0.717, 1.165) is 0 Å². The molecular weight excluding hydrogens is 371 g/mol. The molecule has 0 spiro atoms. The first-order valence-electron chi connectivity index (χ1n) is 9.61. The third-order valence-electron chi connectivity index (χ3n) is 3.98. The van der Waals surface area contributed by atoms with Gasteiger partial charge in [0.15, 0.2) is 5.82 Å². The first-order valence-corrected chi connectivity index (χ1v) is 9.61. The van der Waals surface area contributed by atoms with Crippen LogP contribution in [0.15, 0.2) is 48.5 Å². The van der Waals surface area contributed by atoms with Crippen molar-refractivity contribution in [2.24, 2.45) is 5.92 Å². The fourth-order valence-corrected chi connectivity index (χ4v) is 2.85. The lowest BCUT2D eigenvalue weighted by Gasteiger charge is -2.10. The average Bonchev–Trinajstić information content (AvgIpc) is 3.04. The number of carbonyl (C=O) groups is 1. The van der Waals surface area contributed by atoms with E-state index < -0.39 is 0 Å². The minimum atomic E-state index is -0.363. The van der Waals surface area contributed by atoms with Crippen LogP contribution >= 0.6 is 0 Å². The van der Waals surface area contributed by atoms with Crippen molar-refractivity contribution >= 4 is 11.6 Å². The highest BCUT2D eigenvalue weighted by atomic mass is 19.1. The number of amides is 1. The predicted molar refractivity (Wildman–Crippen MR) is 111 cm³/mol. The first kappa shape index (κ1) is 20.5. The third-order valence-corrected chi connectivity index (χ3v) is 3.98.